The highest BCUT2D eigenvalue weighted by atomic mass is 16.5. The number of hydrogen-bond donors (Lipinski definition) is 0. The lowest BCUT2D eigenvalue weighted by molar-refractivity contribution is 0.0601. The summed E-state index contributed by atoms with van der Waals surface area (Å²) in [5.74, 6) is 0.234. The second-order valence-electron chi connectivity index (χ2n) is 5.23. The number of ether oxygens (including phenoxy) is 2. The highest BCUT2D eigenvalue weighted by Gasteiger charge is 2.06. The molecule has 1 aromatic heterocycles. The van der Waals surface area contributed by atoms with Crippen LogP contribution in [0.15, 0.2) is 72.9 Å². The van der Waals surface area contributed by atoms with E-state index in [0.717, 1.165) is 16.7 Å². The smallest absolute Gasteiger partial charge is 0.337 e. The molecule has 0 amide bonds. The monoisotopic (exact) mass is 319 g/mol. The quantitative estimate of drug-likeness (QED) is 0.664. The van der Waals surface area contributed by atoms with Gasteiger partial charge in [0, 0.05) is 17.8 Å². The lowest BCUT2D eigenvalue weighted by atomic mass is 10.1. The Morgan fingerprint density at radius 2 is 1.62 bits per heavy atom. The number of carbonyl (C=O) groups excluding carboxylic acids is 1. The van der Waals surface area contributed by atoms with Crippen LogP contribution in [0.5, 0.6) is 5.88 Å². The van der Waals surface area contributed by atoms with Crippen LogP contribution in [0.25, 0.3) is 11.1 Å². The summed E-state index contributed by atoms with van der Waals surface area (Å²) in [6.07, 6.45) is 1.76. The fourth-order valence-electron chi connectivity index (χ4n) is 2.28. The molecule has 4 nitrogen and oxygen atoms in total. The minimum atomic E-state index is -0.343. The Hall–Kier alpha value is -3.14. The first-order chi connectivity index (χ1) is 11.8. The van der Waals surface area contributed by atoms with E-state index in [1.54, 1.807) is 18.3 Å². The molecular weight excluding hydrogens is 302 g/mol. The first-order valence-electron chi connectivity index (χ1n) is 7.58. The van der Waals surface area contributed by atoms with E-state index in [1.807, 2.05) is 54.6 Å². The fraction of sp³-hybridized carbons (Fsp3) is 0.100. The van der Waals surface area contributed by atoms with Crippen LogP contribution in [0, 0.1) is 0 Å². The number of rotatable bonds is 5. The molecule has 0 aliphatic carbocycles. The van der Waals surface area contributed by atoms with E-state index in [2.05, 4.69) is 4.98 Å². The largest absolute Gasteiger partial charge is 0.473 e. The van der Waals surface area contributed by atoms with Gasteiger partial charge in [-0.3, -0.25) is 0 Å². The van der Waals surface area contributed by atoms with Gasteiger partial charge in [-0.15, -0.1) is 0 Å². The Kier molecular flexibility index (Phi) is 4.87. The van der Waals surface area contributed by atoms with Crippen molar-refractivity contribution >= 4 is 5.97 Å². The van der Waals surface area contributed by atoms with Crippen LogP contribution in [-0.4, -0.2) is 18.1 Å². The normalized spacial score (nSPS) is 10.2. The molecule has 0 atom stereocenters. The van der Waals surface area contributed by atoms with Crippen LogP contribution in [0.3, 0.4) is 0 Å². The summed E-state index contributed by atoms with van der Waals surface area (Å²) in [5.41, 5.74) is 3.56. The predicted octanol–water partition coefficient (Wildman–Crippen LogP) is 4.11. The van der Waals surface area contributed by atoms with E-state index >= 15 is 0 Å². The van der Waals surface area contributed by atoms with Crippen molar-refractivity contribution in [1.29, 1.82) is 0 Å². The van der Waals surface area contributed by atoms with Crippen molar-refractivity contribution in [2.24, 2.45) is 0 Å². The standard InChI is InChI=1S/C20H17NO3/c1-23-20(22)17-9-7-16(8-10-17)18-11-12-19(21-13-18)24-14-15-5-3-2-4-6-15/h2-13H,14H2,1H3. The average Bonchev–Trinajstić information content (AvgIpc) is 2.67. The van der Waals surface area contributed by atoms with Crippen molar-refractivity contribution in [2.75, 3.05) is 7.11 Å². The van der Waals surface area contributed by atoms with Gasteiger partial charge in [-0.25, -0.2) is 9.78 Å². The Morgan fingerprint density at radius 1 is 0.917 bits per heavy atom. The van der Waals surface area contributed by atoms with Crippen LogP contribution in [0.4, 0.5) is 0 Å². The number of hydrogen-bond acceptors (Lipinski definition) is 4. The number of esters is 1. The van der Waals surface area contributed by atoms with Crippen molar-refractivity contribution in [3.05, 3.63) is 84.1 Å². The third-order valence-corrected chi connectivity index (χ3v) is 3.61. The maximum absolute atomic E-state index is 11.4. The molecule has 0 saturated carbocycles. The van der Waals surface area contributed by atoms with Crippen LogP contribution in [-0.2, 0) is 11.3 Å². The van der Waals surface area contributed by atoms with Crippen molar-refractivity contribution in [3.8, 4) is 17.0 Å². The van der Waals surface area contributed by atoms with E-state index in [4.69, 9.17) is 9.47 Å². The Bertz CT molecular complexity index is 797. The Morgan fingerprint density at radius 3 is 2.25 bits per heavy atom. The molecule has 1 heterocycles. The number of carbonyl (C=O) groups is 1. The third-order valence-electron chi connectivity index (χ3n) is 3.61. The molecule has 0 unspecified atom stereocenters. The molecule has 2 aromatic carbocycles. The molecule has 3 aromatic rings. The van der Waals surface area contributed by atoms with Crippen molar-refractivity contribution in [3.63, 3.8) is 0 Å². The Balaban J connectivity index is 1.67. The van der Waals surface area contributed by atoms with Crippen LogP contribution in [0.2, 0.25) is 0 Å². The van der Waals surface area contributed by atoms with Gasteiger partial charge in [0.25, 0.3) is 0 Å². The first kappa shape index (κ1) is 15.7. The lowest BCUT2D eigenvalue weighted by Gasteiger charge is -2.07. The molecule has 24 heavy (non-hydrogen) atoms. The maximum atomic E-state index is 11.4. The number of benzene rings is 2. The van der Waals surface area contributed by atoms with Crippen LogP contribution < -0.4 is 4.74 Å². The summed E-state index contributed by atoms with van der Waals surface area (Å²) >= 11 is 0. The highest BCUT2D eigenvalue weighted by Crippen LogP contribution is 2.21. The molecular formula is C20H17NO3. The second kappa shape index (κ2) is 7.42. The van der Waals surface area contributed by atoms with Crippen molar-refractivity contribution in [2.45, 2.75) is 6.61 Å². The van der Waals surface area contributed by atoms with Gasteiger partial charge >= 0.3 is 5.97 Å². The Labute approximate surface area is 140 Å². The summed E-state index contributed by atoms with van der Waals surface area (Å²) in [6.45, 7) is 0.487. The van der Waals surface area contributed by atoms with Crippen molar-refractivity contribution < 1.29 is 14.3 Å². The summed E-state index contributed by atoms with van der Waals surface area (Å²) in [4.78, 5) is 15.8. The minimum absolute atomic E-state index is 0.343. The fourth-order valence-corrected chi connectivity index (χ4v) is 2.28. The molecule has 120 valence electrons. The number of methoxy groups -OCH3 is 1. The van der Waals surface area contributed by atoms with Crippen molar-refractivity contribution in [1.82, 2.24) is 4.98 Å². The second-order valence-corrected chi connectivity index (χ2v) is 5.23. The topological polar surface area (TPSA) is 48.4 Å². The lowest BCUT2D eigenvalue weighted by Crippen LogP contribution is -2.00. The zero-order chi connectivity index (χ0) is 16.8. The highest BCUT2D eigenvalue weighted by molar-refractivity contribution is 5.89. The first-order valence-corrected chi connectivity index (χ1v) is 7.58. The summed E-state index contributed by atoms with van der Waals surface area (Å²) in [7, 11) is 1.37. The van der Waals surface area contributed by atoms with E-state index < -0.39 is 0 Å². The van der Waals surface area contributed by atoms with Gasteiger partial charge in [-0.2, -0.15) is 0 Å². The zero-order valence-electron chi connectivity index (χ0n) is 13.3. The van der Waals surface area contributed by atoms with Gasteiger partial charge in [0.15, 0.2) is 0 Å². The summed E-state index contributed by atoms with van der Waals surface area (Å²) in [5, 5.41) is 0. The van der Waals surface area contributed by atoms with E-state index in [-0.39, 0.29) is 5.97 Å². The molecule has 0 bridgehead atoms. The van der Waals surface area contributed by atoms with Gasteiger partial charge in [-0.1, -0.05) is 42.5 Å². The predicted molar refractivity (Wildman–Crippen MR) is 91.8 cm³/mol. The van der Waals surface area contributed by atoms with E-state index in [1.165, 1.54) is 7.11 Å². The SMILES string of the molecule is COC(=O)c1ccc(-c2ccc(OCc3ccccc3)nc2)cc1. The summed E-state index contributed by atoms with van der Waals surface area (Å²) in [6, 6.07) is 21.0. The molecule has 0 radical (unpaired) electrons. The number of pyridine rings is 1. The number of aromatic nitrogens is 1. The van der Waals surface area contributed by atoms with Gasteiger partial charge in [0.1, 0.15) is 6.61 Å². The minimum Gasteiger partial charge on any atom is -0.473 e. The van der Waals surface area contributed by atoms with Gasteiger partial charge in [0.2, 0.25) is 5.88 Å². The third kappa shape index (κ3) is 3.79. The molecule has 0 spiro atoms. The number of nitrogens with zero attached hydrogens (tertiary/aromatic N) is 1. The molecule has 0 fully saturated rings. The molecule has 0 N–H and O–H groups in total. The average molecular weight is 319 g/mol. The molecule has 3 rings (SSSR count). The maximum Gasteiger partial charge on any atom is 0.337 e. The van der Waals surface area contributed by atoms with Gasteiger partial charge in [0.05, 0.1) is 12.7 Å². The van der Waals surface area contributed by atoms with Crippen LogP contribution in [0.1, 0.15) is 15.9 Å². The van der Waals surface area contributed by atoms with Gasteiger partial charge < -0.3 is 9.47 Å². The molecule has 0 aliphatic heterocycles. The molecule has 0 saturated heterocycles. The summed E-state index contributed by atoms with van der Waals surface area (Å²) < 4.78 is 10.4. The van der Waals surface area contributed by atoms with Gasteiger partial charge in [-0.05, 0) is 29.3 Å². The van der Waals surface area contributed by atoms with E-state index in [0.29, 0.717) is 18.1 Å². The van der Waals surface area contributed by atoms with Crippen LogP contribution >= 0.6 is 0 Å². The molecule has 4 heteroatoms. The molecule has 0 aliphatic rings. The zero-order valence-corrected chi connectivity index (χ0v) is 13.3. The van der Waals surface area contributed by atoms with E-state index in [9.17, 15) is 4.79 Å².